The van der Waals surface area contributed by atoms with Crippen molar-refractivity contribution in [1.29, 1.82) is 15.8 Å². The Hall–Kier alpha value is -6.99. The molecule has 0 unspecified atom stereocenters. The zero-order valence-electron chi connectivity index (χ0n) is 29.6. The van der Waals surface area contributed by atoms with Gasteiger partial charge < -0.3 is 0 Å². The van der Waals surface area contributed by atoms with E-state index in [9.17, 15) is 15.8 Å². The standard InChI is InChI=1S/C51H33N3/c52-28-34-13-7-10-31(22-34)25-43-37-16-1-4-19-40(37)46-49(43)47-41-20-5-2-17-38(41)45(27-33-12-9-15-36(24-33)30-54)51(47)48-42-21-6-3-18-39(42)44(50(46)48)26-32-11-8-14-35(23-32)29-53/h1-24,43-45H,25-27H2/t43-,44-,45-/m1/s1. The molecule has 0 heterocycles. The van der Waals surface area contributed by atoms with Crippen molar-refractivity contribution in [1.82, 2.24) is 0 Å². The number of fused-ring (bicyclic) bond motifs is 12. The van der Waals surface area contributed by atoms with Gasteiger partial charge in [0.15, 0.2) is 0 Å². The van der Waals surface area contributed by atoms with Gasteiger partial charge in [-0.25, -0.2) is 0 Å². The molecule has 54 heavy (non-hydrogen) atoms. The molecule has 3 heteroatoms. The lowest BCUT2D eigenvalue weighted by atomic mass is 9.77. The van der Waals surface area contributed by atoms with Gasteiger partial charge in [0.25, 0.3) is 0 Å². The summed E-state index contributed by atoms with van der Waals surface area (Å²) in [6.45, 7) is 0. The minimum absolute atomic E-state index is 0.0872. The minimum atomic E-state index is 0.0872. The van der Waals surface area contributed by atoms with Crippen LogP contribution in [-0.2, 0) is 19.3 Å². The van der Waals surface area contributed by atoms with E-state index in [1.165, 1.54) is 66.8 Å². The Labute approximate surface area is 315 Å². The third kappa shape index (κ3) is 4.85. The highest BCUT2D eigenvalue weighted by Crippen LogP contribution is 2.65. The summed E-state index contributed by atoms with van der Waals surface area (Å²) in [5.74, 6) is 0.262. The van der Waals surface area contributed by atoms with Crippen molar-refractivity contribution in [3.8, 4) is 51.6 Å². The Morgan fingerprint density at radius 1 is 0.352 bits per heavy atom. The summed E-state index contributed by atoms with van der Waals surface area (Å²) in [4.78, 5) is 0. The molecule has 0 N–H and O–H groups in total. The first-order valence-corrected chi connectivity index (χ1v) is 18.6. The first-order valence-electron chi connectivity index (χ1n) is 18.6. The highest BCUT2D eigenvalue weighted by molar-refractivity contribution is 6.03. The number of nitriles is 3. The zero-order valence-corrected chi connectivity index (χ0v) is 29.6. The topological polar surface area (TPSA) is 71.4 Å². The molecule has 0 spiro atoms. The van der Waals surface area contributed by atoms with Gasteiger partial charge in [0.2, 0.25) is 0 Å². The second-order valence-electron chi connectivity index (χ2n) is 14.8. The zero-order chi connectivity index (χ0) is 36.3. The smallest absolute Gasteiger partial charge is 0.0991 e. The van der Waals surface area contributed by atoms with Gasteiger partial charge in [0.1, 0.15) is 0 Å². The molecule has 0 aliphatic heterocycles. The average Bonchev–Trinajstić information content (AvgIpc) is 3.84. The van der Waals surface area contributed by atoms with Crippen molar-refractivity contribution in [2.75, 3.05) is 0 Å². The number of nitrogens with zero attached hydrogens (tertiary/aromatic N) is 3. The van der Waals surface area contributed by atoms with Crippen LogP contribution < -0.4 is 0 Å². The normalized spacial score (nSPS) is 16.5. The van der Waals surface area contributed by atoms with E-state index in [4.69, 9.17) is 0 Å². The SMILES string of the molecule is N#Cc1cccc(C[C@@H]2c3ccccc3-c3c2c2c(c4c3[C@H](Cc3cccc(C#N)c3)c3ccccc3-4)[C@H](Cc3cccc(C#N)c3)c3ccccc3-2)c1. The fourth-order valence-electron chi connectivity index (χ4n) is 9.92. The predicted molar refractivity (Wildman–Crippen MR) is 213 cm³/mol. The van der Waals surface area contributed by atoms with Gasteiger partial charge in [0.05, 0.1) is 34.9 Å². The van der Waals surface area contributed by atoms with Crippen LogP contribution in [0, 0.1) is 34.0 Å². The number of rotatable bonds is 6. The molecule has 7 aromatic carbocycles. The molecule has 3 aliphatic rings. The van der Waals surface area contributed by atoms with Crippen LogP contribution in [0.2, 0.25) is 0 Å². The monoisotopic (exact) mass is 687 g/mol. The van der Waals surface area contributed by atoms with E-state index in [2.05, 4.69) is 109 Å². The van der Waals surface area contributed by atoms with Gasteiger partial charge in [0, 0.05) is 17.8 Å². The molecule has 0 saturated carbocycles. The van der Waals surface area contributed by atoms with Crippen LogP contribution in [0.15, 0.2) is 146 Å². The van der Waals surface area contributed by atoms with Gasteiger partial charge in [-0.3, -0.25) is 0 Å². The van der Waals surface area contributed by atoms with Gasteiger partial charge in [-0.05, 0) is 139 Å². The summed E-state index contributed by atoms with van der Waals surface area (Å²) < 4.78 is 0. The second-order valence-corrected chi connectivity index (χ2v) is 14.8. The lowest BCUT2D eigenvalue weighted by Crippen LogP contribution is -2.09. The van der Waals surface area contributed by atoms with Gasteiger partial charge in [-0.1, -0.05) is 109 Å². The Bertz CT molecular complexity index is 2490. The van der Waals surface area contributed by atoms with E-state index in [-0.39, 0.29) is 17.8 Å². The minimum Gasteiger partial charge on any atom is -0.192 e. The molecule has 0 radical (unpaired) electrons. The van der Waals surface area contributed by atoms with Crippen molar-refractivity contribution in [2.24, 2.45) is 0 Å². The highest BCUT2D eigenvalue weighted by atomic mass is 14.5. The molecule has 3 aliphatic carbocycles. The third-order valence-corrected chi connectivity index (χ3v) is 12.0. The maximum atomic E-state index is 9.85. The highest BCUT2D eigenvalue weighted by Gasteiger charge is 2.46. The number of hydrogen-bond acceptors (Lipinski definition) is 3. The Balaban J connectivity index is 1.30. The molecule has 3 atom stereocenters. The number of benzene rings is 7. The van der Waals surface area contributed by atoms with Crippen molar-refractivity contribution >= 4 is 0 Å². The van der Waals surface area contributed by atoms with Crippen LogP contribution in [0.5, 0.6) is 0 Å². The molecule has 252 valence electrons. The molecule has 10 rings (SSSR count). The molecule has 0 amide bonds. The van der Waals surface area contributed by atoms with E-state index in [0.29, 0.717) is 16.7 Å². The summed E-state index contributed by atoms with van der Waals surface area (Å²) in [6, 6.07) is 58.3. The molecule has 3 nitrogen and oxygen atoms in total. The largest absolute Gasteiger partial charge is 0.192 e. The van der Waals surface area contributed by atoms with Crippen molar-refractivity contribution in [3.05, 3.63) is 212 Å². The fourth-order valence-corrected chi connectivity index (χ4v) is 9.92. The Kier molecular flexibility index (Phi) is 7.40. The molecule has 0 saturated heterocycles. The summed E-state index contributed by atoms with van der Waals surface area (Å²) >= 11 is 0. The molecule has 7 aromatic rings. The molecule has 0 aromatic heterocycles. The van der Waals surface area contributed by atoms with Crippen LogP contribution in [0.1, 0.15) is 84.5 Å². The summed E-state index contributed by atoms with van der Waals surface area (Å²) in [6.07, 6.45) is 2.34. The summed E-state index contributed by atoms with van der Waals surface area (Å²) in [7, 11) is 0. The van der Waals surface area contributed by atoms with Crippen LogP contribution in [0.25, 0.3) is 33.4 Å². The lowest BCUT2D eigenvalue weighted by Gasteiger charge is -2.25. The quantitative estimate of drug-likeness (QED) is 0.175. The van der Waals surface area contributed by atoms with Gasteiger partial charge >= 0.3 is 0 Å². The Morgan fingerprint density at radius 2 is 0.648 bits per heavy atom. The van der Waals surface area contributed by atoms with Gasteiger partial charge in [-0.2, -0.15) is 15.8 Å². The van der Waals surface area contributed by atoms with Crippen LogP contribution in [0.4, 0.5) is 0 Å². The first-order chi connectivity index (χ1) is 26.6. The third-order valence-electron chi connectivity index (χ3n) is 12.0. The Morgan fingerprint density at radius 3 is 0.944 bits per heavy atom. The second kappa shape index (κ2) is 12.6. The lowest BCUT2D eigenvalue weighted by molar-refractivity contribution is 0.801. The molecule has 0 fully saturated rings. The van der Waals surface area contributed by atoms with Crippen molar-refractivity contribution in [3.63, 3.8) is 0 Å². The van der Waals surface area contributed by atoms with Gasteiger partial charge in [-0.15, -0.1) is 0 Å². The fraction of sp³-hybridized carbons (Fsp3) is 0.118. The van der Waals surface area contributed by atoms with Crippen molar-refractivity contribution in [2.45, 2.75) is 37.0 Å². The maximum Gasteiger partial charge on any atom is 0.0991 e. The summed E-state index contributed by atoms with van der Waals surface area (Å²) in [5.41, 5.74) is 21.6. The van der Waals surface area contributed by atoms with Crippen LogP contribution in [-0.4, -0.2) is 0 Å². The number of hydrogen-bond donors (Lipinski definition) is 0. The molecule has 0 bridgehead atoms. The van der Waals surface area contributed by atoms with E-state index in [0.717, 1.165) is 36.0 Å². The first kappa shape index (κ1) is 31.7. The van der Waals surface area contributed by atoms with E-state index in [1.807, 2.05) is 54.6 Å². The summed E-state index contributed by atoms with van der Waals surface area (Å²) in [5, 5.41) is 29.5. The average molecular weight is 688 g/mol. The van der Waals surface area contributed by atoms with E-state index >= 15 is 0 Å². The maximum absolute atomic E-state index is 9.85. The van der Waals surface area contributed by atoms with E-state index in [1.54, 1.807) is 0 Å². The predicted octanol–water partition coefficient (Wildman–Crippen LogP) is 11.4. The molecular weight excluding hydrogens is 655 g/mol. The van der Waals surface area contributed by atoms with Crippen molar-refractivity contribution < 1.29 is 0 Å². The molecular formula is C51H33N3. The van der Waals surface area contributed by atoms with Crippen LogP contribution in [0.3, 0.4) is 0 Å². The van der Waals surface area contributed by atoms with E-state index < -0.39 is 0 Å². The van der Waals surface area contributed by atoms with Crippen LogP contribution >= 0.6 is 0 Å².